The number of halogens is 1. The lowest BCUT2D eigenvalue weighted by molar-refractivity contribution is 0.582. The fourth-order valence-corrected chi connectivity index (χ4v) is 3.07. The SMILES string of the molecule is C=C1C=CC(CC/C(=C\F)CN)=CN1/C=C(\C)C1CCCC1. The van der Waals surface area contributed by atoms with Crippen LogP contribution in [0.2, 0.25) is 0 Å². The van der Waals surface area contributed by atoms with Gasteiger partial charge in [-0.1, -0.05) is 31.1 Å². The molecular formula is C19H27FN2. The van der Waals surface area contributed by atoms with Gasteiger partial charge >= 0.3 is 0 Å². The van der Waals surface area contributed by atoms with Crippen molar-refractivity contribution in [2.45, 2.75) is 45.4 Å². The molecule has 0 aromatic heterocycles. The molecular weight excluding hydrogens is 275 g/mol. The van der Waals surface area contributed by atoms with Crippen LogP contribution in [0.25, 0.3) is 0 Å². The normalized spacial score (nSPS) is 20.8. The molecule has 1 aliphatic heterocycles. The number of rotatable bonds is 6. The average molecular weight is 302 g/mol. The van der Waals surface area contributed by atoms with E-state index in [2.05, 4.69) is 36.9 Å². The van der Waals surface area contributed by atoms with Crippen LogP contribution in [-0.2, 0) is 0 Å². The highest BCUT2D eigenvalue weighted by Crippen LogP contribution is 2.32. The van der Waals surface area contributed by atoms with Gasteiger partial charge in [0, 0.05) is 24.6 Å². The summed E-state index contributed by atoms with van der Waals surface area (Å²) in [6.07, 6.45) is 15.8. The highest BCUT2D eigenvalue weighted by Gasteiger charge is 2.17. The summed E-state index contributed by atoms with van der Waals surface area (Å²) >= 11 is 0. The Morgan fingerprint density at radius 3 is 2.77 bits per heavy atom. The Balaban J connectivity index is 2.02. The van der Waals surface area contributed by atoms with Crippen molar-refractivity contribution in [3.8, 4) is 0 Å². The van der Waals surface area contributed by atoms with Gasteiger partial charge in [-0.3, -0.25) is 0 Å². The van der Waals surface area contributed by atoms with Crippen molar-refractivity contribution in [3.05, 3.63) is 59.9 Å². The molecule has 2 rings (SSSR count). The smallest absolute Gasteiger partial charge is 0.0871 e. The van der Waals surface area contributed by atoms with E-state index in [0.717, 1.165) is 12.1 Å². The van der Waals surface area contributed by atoms with Crippen molar-refractivity contribution in [1.82, 2.24) is 4.90 Å². The molecule has 120 valence electrons. The topological polar surface area (TPSA) is 29.3 Å². The molecule has 0 amide bonds. The zero-order chi connectivity index (χ0) is 15.9. The first-order valence-corrected chi connectivity index (χ1v) is 8.16. The molecule has 0 atom stereocenters. The maximum Gasteiger partial charge on any atom is 0.0871 e. The molecule has 0 saturated heterocycles. The number of nitrogens with two attached hydrogens (primary N) is 1. The lowest BCUT2D eigenvalue weighted by Gasteiger charge is -2.24. The quantitative estimate of drug-likeness (QED) is 0.753. The van der Waals surface area contributed by atoms with E-state index in [4.69, 9.17) is 5.73 Å². The Kier molecular flexibility index (Phi) is 6.20. The van der Waals surface area contributed by atoms with E-state index in [1.165, 1.54) is 36.8 Å². The first-order chi connectivity index (χ1) is 10.6. The van der Waals surface area contributed by atoms with Gasteiger partial charge in [-0.25, -0.2) is 4.39 Å². The minimum absolute atomic E-state index is 0.282. The molecule has 0 aromatic rings. The Bertz CT molecular complexity index is 520. The lowest BCUT2D eigenvalue weighted by atomic mass is 9.99. The number of hydrogen-bond acceptors (Lipinski definition) is 2. The number of allylic oxidation sites excluding steroid dienone is 4. The summed E-state index contributed by atoms with van der Waals surface area (Å²) in [5.74, 6) is 0.717. The first-order valence-electron chi connectivity index (χ1n) is 8.16. The Hall–Kier alpha value is -1.61. The van der Waals surface area contributed by atoms with Crippen LogP contribution in [0.5, 0.6) is 0 Å². The summed E-state index contributed by atoms with van der Waals surface area (Å²) < 4.78 is 12.6. The minimum atomic E-state index is 0.282. The molecule has 0 spiro atoms. The average Bonchev–Trinajstić information content (AvgIpc) is 3.05. The summed E-state index contributed by atoms with van der Waals surface area (Å²) in [5.41, 5.74) is 9.74. The van der Waals surface area contributed by atoms with Crippen molar-refractivity contribution in [1.29, 1.82) is 0 Å². The summed E-state index contributed by atoms with van der Waals surface area (Å²) in [6, 6.07) is 0. The summed E-state index contributed by atoms with van der Waals surface area (Å²) in [7, 11) is 0. The van der Waals surface area contributed by atoms with Gasteiger partial charge in [-0.05, 0) is 55.7 Å². The second-order valence-electron chi connectivity index (χ2n) is 6.26. The molecule has 0 bridgehead atoms. The van der Waals surface area contributed by atoms with E-state index in [9.17, 15) is 4.39 Å². The molecule has 1 aliphatic carbocycles. The van der Waals surface area contributed by atoms with Crippen LogP contribution in [0.1, 0.15) is 45.4 Å². The van der Waals surface area contributed by atoms with Crippen LogP contribution in [0.4, 0.5) is 4.39 Å². The second-order valence-corrected chi connectivity index (χ2v) is 6.26. The van der Waals surface area contributed by atoms with Crippen molar-refractivity contribution in [3.63, 3.8) is 0 Å². The van der Waals surface area contributed by atoms with Crippen molar-refractivity contribution in [2.24, 2.45) is 11.7 Å². The van der Waals surface area contributed by atoms with Gasteiger partial charge in [0.2, 0.25) is 0 Å². The van der Waals surface area contributed by atoms with E-state index < -0.39 is 0 Å². The second kappa shape index (κ2) is 8.14. The van der Waals surface area contributed by atoms with Crippen LogP contribution in [-0.4, -0.2) is 11.4 Å². The number of hydrogen-bond donors (Lipinski definition) is 1. The van der Waals surface area contributed by atoms with Crippen LogP contribution >= 0.6 is 0 Å². The van der Waals surface area contributed by atoms with Crippen molar-refractivity contribution in [2.75, 3.05) is 6.54 Å². The molecule has 0 radical (unpaired) electrons. The van der Waals surface area contributed by atoms with Gasteiger partial charge in [0.05, 0.1) is 6.33 Å². The van der Waals surface area contributed by atoms with Crippen molar-refractivity contribution < 1.29 is 4.39 Å². The zero-order valence-corrected chi connectivity index (χ0v) is 13.5. The zero-order valence-electron chi connectivity index (χ0n) is 13.5. The summed E-state index contributed by atoms with van der Waals surface area (Å²) in [6.45, 7) is 6.59. The third-order valence-corrected chi connectivity index (χ3v) is 4.62. The summed E-state index contributed by atoms with van der Waals surface area (Å²) in [5, 5.41) is 0. The van der Waals surface area contributed by atoms with Gasteiger partial charge in [-0.15, -0.1) is 0 Å². The molecule has 1 heterocycles. The van der Waals surface area contributed by atoms with Gasteiger partial charge in [0.15, 0.2) is 0 Å². The molecule has 0 aromatic carbocycles. The van der Waals surface area contributed by atoms with Crippen molar-refractivity contribution >= 4 is 0 Å². The van der Waals surface area contributed by atoms with E-state index in [0.29, 0.717) is 24.2 Å². The third-order valence-electron chi connectivity index (χ3n) is 4.62. The Labute approximate surface area is 133 Å². The maximum atomic E-state index is 12.6. The summed E-state index contributed by atoms with van der Waals surface area (Å²) in [4.78, 5) is 2.10. The molecule has 3 heteroatoms. The Morgan fingerprint density at radius 2 is 2.14 bits per heavy atom. The molecule has 0 unspecified atom stereocenters. The van der Waals surface area contributed by atoms with Crippen LogP contribution < -0.4 is 5.73 Å². The lowest BCUT2D eigenvalue weighted by Crippen LogP contribution is -2.13. The molecule has 22 heavy (non-hydrogen) atoms. The van der Waals surface area contributed by atoms with E-state index >= 15 is 0 Å². The standard InChI is InChI=1S/C19H27FN2/c1-15(19-5-3-4-6-19)13-22-14-17(8-7-16(22)2)9-10-18(11-20)12-21/h7-8,11,13-14,19H,2-6,9-10,12,21H2,1H3/b15-13+,18-11+. The third kappa shape index (κ3) is 4.44. The van der Waals surface area contributed by atoms with Crippen LogP contribution in [0, 0.1) is 5.92 Å². The molecule has 2 N–H and O–H groups in total. The van der Waals surface area contributed by atoms with Gasteiger partial charge in [-0.2, -0.15) is 0 Å². The maximum absolute atomic E-state index is 12.6. The fourth-order valence-electron chi connectivity index (χ4n) is 3.07. The predicted molar refractivity (Wildman–Crippen MR) is 91.4 cm³/mol. The molecule has 2 nitrogen and oxygen atoms in total. The largest absolute Gasteiger partial charge is 0.327 e. The van der Waals surface area contributed by atoms with E-state index in [1.807, 2.05) is 6.08 Å². The number of nitrogens with zero attached hydrogens (tertiary/aromatic N) is 1. The fraction of sp³-hybridized carbons (Fsp3) is 0.474. The predicted octanol–water partition coefficient (Wildman–Crippen LogP) is 4.94. The highest BCUT2D eigenvalue weighted by molar-refractivity contribution is 5.35. The van der Waals surface area contributed by atoms with E-state index in [1.54, 1.807) is 0 Å². The van der Waals surface area contributed by atoms with Crippen LogP contribution in [0.15, 0.2) is 59.9 Å². The molecule has 1 saturated carbocycles. The highest BCUT2D eigenvalue weighted by atomic mass is 19.1. The first kappa shape index (κ1) is 16.8. The van der Waals surface area contributed by atoms with Crippen LogP contribution in [0.3, 0.4) is 0 Å². The monoisotopic (exact) mass is 302 g/mol. The Morgan fingerprint density at radius 1 is 1.41 bits per heavy atom. The van der Waals surface area contributed by atoms with Gasteiger partial charge < -0.3 is 10.6 Å². The molecule has 1 fully saturated rings. The van der Waals surface area contributed by atoms with Gasteiger partial charge in [0.1, 0.15) is 0 Å². The van der Waals surface area contributed by atoms with Gasteiger partial charge in [0.25, 0.3) is 0 Å². The minimum Gasteiger partial charge on any atom is -0.327 e. The molecule has 2 aliphatic rings. The van der Waals surface area contributed by atoms with E-state index in [-0.39, 0.29) is 6.54 Å².